The van der Waals surface area contributed by atoms with Crippen molar-refractivity contribution in [2.45, 2.75) is 24.6 Å². The Balaban J connectivity index is 2.86. The molecule has 1 aliphatic rings. The minimum Gasteiger partial charge on any atom is -0.354 e. The van der Waals surface area contributed by atoms with E-state index in [0.717, 1.165) is 0 Å². The number of hydrogen-bond acceptors (Lipinski definition) is 1. The van der Waals surface area contributed by atoms with Crippen LogP contribution in [-0.2, 0) is 4.74 Å². The molecule has 1 nitrogen and oxygen atoms in total. The molecule has 0 saturated carbocycles. The van der Waals surface area contributed by atoms with E-state index in [1.165, 1.54) is 0 Å². The molecule has 0 N–H and O–H groups in total. The standard InChI is InChI=1S/C5H5F5O/c1-3(5(8,9)10)4(6,7)2-11-3/h2H2,1H3. The topological polar surface area (TPSA) is 9.23 Å². The van der Waals surface area contributed by atoms with Crippen molar-refractivity contribution >= 4 is 0 Å². The molecule has 0 bridgehead atoms. The van der Waals surface area contributed by atoms with Crippen molar-refractivity contribution in [3.63, 3.8) is 0 Å². The molecule has 0 amide bonds. The van der Waals surface area contributed by atoms with Crippen LogP contribution in [0.5, 0.6) is 0 Å². The minimum atomic E-state index is -5.01. The summed E-state index contributed by atoms with van der Waals surface area (Å²) in [5, 5.41) is 0. The van der Waals surface area contributed by atoms with Crippen LogP contribution >= 0.6 is 0 Å². The van der Waals surface area contributed by atoms with Crippen molar-refractivity contribution in [3.05, 3.63) is 0 Å². The second-order valence-corrected chi connectivity index (χ2v) is 2.52. The smallest absolute Gasteiger partial charge is 0.354 e. The fourth-order valence-corrected chi connectivity index (χ4v) is 0.687. The molecule has 1 unspecified atom stereocenters. The Labute approximate surface area is 59.1 Å². The lowest BCUT2D eigenvalue weighted by Crippen LogP contribution is -2.69. The Bertz CT molecular complexity index is 162. The molecule has 1 aliphatic heterocycles. The molecule has 1 rings (SSSR count). The summed E-state index contributed by atoms with van der Waals surface area (Å²) >= 11 is 0. The second-order valence-electron chi connectivity index (χ2n) is 2.52. The first kappa shape index (κ1) is 8.70. The Kier molecular flexibility index (Phi) is 1.47. The number of hydrogen-bond donors (Lipinski definition) is 0. The van der Waals surface area contributed by atoms with Gasteiger partial charge in [0.2, 0.25) is 5.60 Å². The molecule has 0 spiro atoms. The quantitative estimate of drug-likeness (QED) is 0.512. The first-order valence-corrected chi connectivity index (χ1v) is 2.79. The largest absolute Gasteiger partial charge is 0.423 e. The van der Waals surface area contributed by atoms with Crippen molar-refractivity contribution in [2.75, 3.05) is 6.61 Å². The molecule has 0 aliphatic carbocycles. The van der Waals surface area contributed by atoms with E-state index in [1.54, 1.807) is 0 Å². The lowest BCUT2D eigenvalue weighted by atomic mass is 9.92. The van der Waals surface area contributed by atoms with Gasteiger partial charge in [0, 0.05) is 0 Å². The normalized spacial score (nSPS) is 36.5. The van der Waals surface area contributed by atoms with Crippen molar-refractivity contribution in [1.82, 2.24) is 0 Å². The molecule has 1 fully saturated rings. The highest BCUT2D eigenvalue weighted by Gasteiger charge is 2.74. The summed E-state index contributed by atoms with van der Waals surface area (Å²) in [7, 11) is 0. The van der Waals surface area contributed by atoms with Crippen LogP contribution in [0.15, 0.2) is 0 Å². The van der Waals surface area contributed by atoms with E-state index in [4.69, 9.17) is 0 Å². The van der Waals surface area contributed by atoms with Gasteiger partial charge < -0.3 is 4.74 Å². The fraction of sp³-hybridized carbons (Fsp3) is 1.00. The number of halogens is 5. The summed E-state index contributed by atoms with van der Waals surface area (Å²) < 4.78 is 63.6. The van der Waals surface area contributed by atoms with Gasteiger partial charge in [0.15, 0.2) is 0 Å². The third-order valence-electron chi connectivity index (χ3n) is 1.78. The van der Waals surface area contributed by atoms with Crippen LogP contribution in [0.4, 0.5) is 22.0 Å². The second kappa shape index (κ2) is 1.85. The molecule has 6 heteroatoms. The maximum Gasteiger partial charge on any atom is 0.423 e. The first-order valence-electron chi connectivity index (χ1n) is 2.79. The van der Waals surface area contributed by atoms with Gasteiger partial charge in [-0.05, 0) is 6.92 Å². The van der Waals surface area contributed by atoms with Crippen molar-refractivity contribution in [2.24, 2.45) is 0 Å². The number of rotatable bonds is 0. The van der Waals surface area contributed by atoms with Crippen LogP contribution in [0.2, 0.25) is 0 Å². The molecule has 0 radical (unpaired) electrons. The Hall–Kier alpha value is -0.390. The lowest BCUT2D eigenvalue weighted by Gasteiger charge is -2.46. The summed E-state index contributed by atoms with van der Waals surface area (Å²) in [5.41, 5.74) is -3.28. The minimum absolute atomic E-state index is 0.344. The predicted octanol–water partition coefficient (Wildman–Crippen LogP) is 1.97. The molecular weight excluding hydrogens is 171 g/mol. The van der Waals surface area contributed by atoms with E-state index < -0.39 is 24.3 Å². The third-order valence-corrected chi connectivity index (χ3v) is 1.78. The lowest BCUT2D eigenvalue weighted by molar-refractivity contribution is -0.415. The van der Waals surface area contributed by atoms with Crippen LogP contribution in [0.1, 0.15) is 6.92 Å². The van der Waals surface area contributed by atoms with Gasteiger partial charge in [-0.3, -0.25) is 0 Å². The summed E-state index contributed by atoms with van der Waals surface area (Å²) in [4.78, 5) is 0. The van der Waals surface area contributed by atoms with Gasteiger partial charge in [-0.2, -0.15) is 13.2 Å². The zero-order valence-corrected chi connectivity index (χ0v) is 5.51. The monoisotopic (exact) mass is 176 g/mol. The van der Waals surface area contributed by atoms with Gasteiger partial charge in [-0.25, -0.2) is 8.78 Å². The molecular formula is C5H5F5O. The highest BCUT2D eigenvalue weighted by Crippen LogP contribution is 2.51. The van der Waals surface area contributed by atoms with E-state index in [1.807, 2.05) is 0 Å². The summed E-state index contributed by atoms with van der Waals surface area (Å²) in [5.74, 6) is -3.79. The van der Waals surface area contributed by atoms with E-state index in [0.29, 0.717) is 6.92 Å². The van der Waals surface area contributed by atoms with Crippen LogP contribution in [-0.4, -0.2) is 24.3 Å². The van der Waals surface area contributed by atoms with Crippen LogP contribution in [0.25, 0.3) is 0 Å². The maximum absolute atomic E-state index is 12.2. The highest BCUT2D eigenvalue weighted by molar-refractivity contribution is 5.04. The zero-order chi connectivity index (χ0) is 8.91. The summed E-state index contributed by atoms with van der Waals surface area (Å²) in [6.45, 7) is -0.806. The maximum atomic E-state index is 12.2. The van der Waals surface area contributed by atoms with Gasteiger partial charge in [0.05, 0.1) is 0 Å². The van der Waals surface area contributed by atoms with Gasteiger partial charge in [-0.15, -0.1) is 0 Å². The SMILES string of the molecule is CC1(C(F)(F)F)OCC1(F)F. The van der Waals surface area contributed by atoms with E-state index in [9.17, 15) is 22.0 Å². The van der Waals surface area contributed by atoms with E-state index in [-0.39, 0.29) is 0 Å². The van der Waals surface area contributed by atoms with Crippen LogP contribution in [0.3, 0.4) is 0 Å². The van der Waals surface area contributed by atoms with Crippen molar-refractivity contribution < 1.29 is 26.7 Å². The van der Waals surface area contributed by atoms with Gasteiger partial charge in [0.25, 0.3) is 0 Å². The Morgan fingerprint density at radius 3 is 1.73 bits per heavy atom. The molecule has 66 valence electrons. The zero-order valence-electron chi connectivity index (χ0n) is 5.51. The molecule has 1 atom stereocenters. The van der Waals surface area contributed by atoms with Crippen LogP contribution < -0.4 is 0 Å². The number of ether oxygens (including phenoxy) is 1. The molecule has 1 heterocycles. The average Bonchev–Trinajstić information content (AvgIpc) is 1.81. The highest BCUT2D eigenvalue weighted by atomic mass is 19.4. The molecule has 1 saturated heterocycles. The van der Waals surface area contributed by atoms with Crippen molar-refractivity contribution in [1.29, 1.82) is 0 Å². The molecule has 0 aromatic heterocycles. The summed E-state index contributed by atoms with van der Waals surface area (Å²) in [6, 6.07) is 0. The molecule has 0 aromatic carbocycles. The molecule has 11 heavy (non-hydrogen) atoms. The Morgan fingerprint density at radius 1 is 1.27 bits per heavy atom. The average molecular weight is 176 g/mol. The van der Waals surface area contributed by atoms with Gasteiger partial charge in [0.1, 0.15) is 6.61 Å². The van der Waals surface area contributed by atoms with E-state index >= 15 is 0 Å². The van der Waals surface area contributed by atoms with Gasteiger partial charge in [-0.1, -0.05) is 0 Å². The first-order chi connectivity index (χ1) is 4.71. The number of alkyl halides is 5. The molecule has 0 aromatic rings. The third kappa shape index (κ3) is 0.919. The van der Waals surface area contributed by atoms with E-state index in [2.05, 4.69) is 4.74 Å². The predicted molar refractivity (Wildman–Crippen MR) is 25.4 cm³/mol. The fourth-order valence-electron chi connectivity index (χ4n) is 0.687. The Morgan fingerprint density at radius 2 is 1.73 bits per heavy atom. The van der Waals surface area contributed by atoms with Gasteiger partial charge >= 0.3 is 12.1 Å². The van der Waals surface area contributed by atoms with Crippen LogP contribution in [0, 0.1) is 0 Å². The summed E-state index contributed by atoms with van der Waals surface area (Å²) in [6.07, 6.45) is -5.01. The van der Waals surface area contributed by atoms with Crippen molar-refractivity contribution in [3.8, 4) is 0 Å².